The third-order valence-electron chi connectivity index (χ3n) is 3.72. The molecule has 5 heteroatoms. The molecule has 0 saturated carbocycles. The number of methoxy groups -OCH3 is 1. The SMILES string of the molecule is CCN1C(=O)C(=Cc2cc(C(C)C)c(OC)cc2C)SC1=S. The van der Waals surface area contributed by atoms with Crippen LogP contribution in [0.15, 0.2) is 17.0 Å². The fourth-order valence-corrected chi connectivity index (χ4v) is 3.79. The number of thiocarbonyl (C=S) groups is 1. The molecule has 0 radical (unpaired) electrons. The maximum absolute atomic E-state index is 12.3. The van der Waals surface area contributed by atoms with Gasteiger partial charge in [-0.15, -0.1) is 0 Å². The standard InChI is InChI=1S/C17H21NO2S2/c1-6-18-16(19)15(22-17(18)21)9-12-8-13(10(2)3)14(20-5)7-11(12)4/h7-10H,6H2,1-5H3. The smallest absolute Gasteiger partial charge is 0.266 e. The van der Waals surface area contributed by atoms with E-state index in [0.717, 1.165) is 22.4 Å². The Hall–Kier alpha value is -1.33. The summed E-state index contributed by atoms with van der Waals surface area (Å²) in [6.07, 6.45) is 1.94. The quantitative estimate of drug-likeness (QED) is 0.604. The van der Waals surface area contributed by atoms with Crippen molar-refractivity contribution in [2.24, 2.45) is 0 Å². The third kappa shape index (κ3) is 3.20. The van der Waals surface area contributed by atoms with E-state index >= 15 is 0 Å². The molecule has 1 aromatic carbocycles. The number of thioether (sulfide) groups is 1. The zero-order valence-electron chi connectivity index (χ0n) is 13.6. The molecular weight excluding hydrogens is 314 g/mol. The van der Waals surface area contributed by atoms with E-state index in [-0.39, 0.29) is 5.91 Å². The van der Waals surface area contributed by atoms with Gasteiger partial charge in [-0.3, -0.25) is 9.69 Å². The summed E-state index contributed by atoms with van der Waals surface area (Å²) in [4.78, 5) is 14.7. The van der Waals surface area contributed by atoms with Crippen molar-refractivity contribution < 1.29 is 9.53 Å². The number of nitrogens with zero attached hydrogens (tertiary/aromatic N) is 1. The third-order valence-corrected chi connectivity index (χ3v) is 5.09. The summed E-state index contributed by atoms with van der Waals surface area (Å²) >= 11 is 6.63. The van der Waals surface area contributed by atoms with Crippen LogP contribution in [0.25, 0.3) is 6.08 Å². The van der Waals surface area contributed by atoms with Crippen LogP contribution in [0.4, 0.5) is 0 Å². The molecule has 1 aromatic rings. The summed E-state index contributed by atoms with van der Waals surface area (Å²) < 4.78 is 6.10. The van der Waals surface area contributed by atoms with Gasteiger partial charge in [0.1, 0.15) is 10.1 Å². The molecule has 0 aliphatic carbocycles. The van der Waals surface area contributed by atoms with Crippen molar-refractivity contribution >= 4 is 40.3 Å². The van der Waals surface area contributed by atoms with Crippen molar-refractivity contribution in [3.63, 3.8) is 0 Å². The molecule has 0 bridgehead atoms. The normalized spacial score (nSPS) is 17.0. The predicted molar refractivity (Wildman–Crippen MR) is 97.4 cm³/mol. The second kappa shape index (κ2) is 6.84. The Morgan fingerprint density at radius 3 is 2.59 bits per heavy atom. The summed E-state index contributed by atoms with van der Waals surface area (Å²) in [6.45, 7) is 8.84. The first-order valence-electron chi connectivity index (χ1n) is 7.32. The zero-order valence-corrected chi connectivity index (χ0v) is 15.2. The molecule has 1 saturated heterocycles. The van der Waals surface area contributed by atoms with Crippen LogP contribution in [0.1, 0.15) is 43.4 Å². The Bertz CT molecular complexity index is 650. The van der Waals surface area contributed by atoms with Crippen LogP contribution in [0, 0.1) is 6.92 Å². The molecule has 0 spiro atoms. The minimum absolute atomic E-state index is 0.00110. The second-order valence-electron chi connectivity index (χ2n) is 5.53. The number of carbonyl (C=O) groups is 1. The average Bonchev–Trinajstić information content (AvgIpc) is 2.74. The van der Waals surface area contributed by atoms with Gasteiger partial charge in [0.05, 0.1) is 12.0 Å². The Kier molecular flexibility index (Phi) is 5.29. The van der Waals surface area contributed by atoms with Crippen molar-refractivity contribution in [1.82, 2.24) is 4.90 Å². The predicted octanol–water partition coefficient (Wildman–Crippen LogP) is 4.35. The van der Waals surface area contributed by atoms with Crippen molar-refractivity contribution in [3.05, 3.63) is 33.7 Å². The highest BCUT2D eigenvalue weighted by atomic mass is 32.2. The fraction of sp³-hybridized carbons (Fsp3) is 0.412. The lowest BCUT2D eigenvalue weighted by atomic mass is 9.96. The van der Waals surface area contributed by atoms with Crippen molar-refractivity contribution in [2.45, 2.75) is 33.6 Å². The van der Waals surface area contributed by atoms with Gasteiger partial charge in [-0.05, 0) is 54.7 Å². The van der Waals surface area contributed by atoms with Gasteiger partial charge in [0.2, 0.25) is 0 Å². The number of rotatable bonds is 4. The van der Waals surface area contributed by atoms with Gasteiger partial charge in [-0.1, -0.05) is 37.8 Å². The van der Waals surface area contributed by atoms with Crippen molar-refractivity contribution in [2.75, 3.05) is 13.7 Å². The van der Waals surface area contributed by atoms with Gasteiger partial charge in [0.15, 0.2) is 0 Å². The number of amides is 1. The molecule has 1 aliphatic rings. The summed E-state index contributed by atoms with van der Waals surface area (Å²) in [7, 11) is 1.69. The number of likely N-dealkylation sites (N-methyl/N-ethyl adjacent to an activating group) is 1. The first kappa shape index (κ1) is 17.0. The number of carbonyl (C=O) groups excluding carboxylic acids is 1. The van der Waals surface area contributed by atoms with Gasteiger partial charge < -0.3 is 4.74 Å². The molecule has 1 heterocycles. The lowest BCUT2D eigenvalue weighted by Gasteiger charge is -2.15. The lowest BCUT2D eigenvalue weighted by Crippen LogP contribution is -2.27. The Morgan fingerprint density at radius 1 is 1.41 bits per heavy atom. The summed E-state index contributed by atoms with van der Waals surface area (Å²) in [5.41, 5.74) is 3.27. The number of benzene rings is 1. The van der Waals surface area contributed by atoms with Gasteiger partial charge in [0.25, 0.3) is 5.91 Å². The summed E-state index contributed by atoms with van der Waals surface area (Å²) in [5.74, 6) is 1.25. The molecule has 0 aromatic heterocycles. The zero-order chi connectivity index (χ0) is 16.4. The molecule has 0 atom stereocenters. The van der Waals surface area contributed by atoms with E-state index in [4.69, 9.17) is 17.0 Å². The van der Waals surface area contributed by atoms with Crippen LogP contribution in [0.3, 0.4) is 0 Å². The van der Waals surface area contributed by atoms with Crippen LogP contribution in [0.5, 0.6) is 5.75 Å². The number of aryl methyl sites for hydroxylation is 1. The Morgan fingerprint density at radius 2 is 2.09 bits per heavy atom. The first-order valence-corrected chi connectivity index (χ1v) is 8.55. The van der Waals surface area contributed by atoms with E-state index in [0.29, 0.717) is 21.7 Å². The van der Waals surface area contributed by atoms with Gasteiger partial charge >= 0.3 is 0 Å². The van der Waals surface area contributed by atoms with Crippen LogP contribution < -0.4 is 4.74 Å². The molecule has 1 amide bonds. The highest BCUT2D eigenvalue weighted by Crippen LogP contribution is 2.35. The van der Waals surface area contributed by atoms with E-state index in [1.165, 1.54) is 11.8 Å². The lowest BCUT2D eigenvalue weighted by molar-refractivity contribution is -0.121. The number of hydrogen-bond donors (Lipinski definition) is 0. The monoisotopic (exact) mass is 335 g/mol. The number of hydrogen-bond acceptors (Lipinski definition) is 4. The van der Waals surface area contributed by atoms with Crippen LogP contribution in [-0.2, 0) is 4.79 Å². The van der Waals surface area contributed by atoms with Crippen molar-refractivity contribution in [1.29, 1.82) is 0 Å². The molecule has 0 unspecified atom stereocenters. The Labute approximate surface area is 141 Å². The molecule has 2 rings (SSSR count). The first-order chi connectivity index (χ1) is 10.4. The van der Waals surface area contributed by atoms with E-state index in [2.05, 4.69) is 19.9 Å². The molecule has 1 fully saturated rings. The van der Waals surface area contributed by atoms with Gasteiger partial charge in [-0.2, -0.15) is 0 Å². The highest BCUT2D eigenvalue weighted by molar-refractivity contribution is 8.26. The molecule has 3 nitrogen and oxygen atoms in total. The van der Waals surface area contributed by atoms with Crippen LogP contribution in [-0.4, -0.2) is 28.8 Å². The molecular formula is C17H21NO2S2. The van der Waals surface area contributed by atoms with E-state index in [1.807, 2.05) is 26.0 Å². The molecule has 118 valence electrons. The molecule has 1 aliphatic heterocycles. The van der Waals surface area contributed by atoms with Crippen LogP contribution >= 0.6 is 24.0 Å². The molecule has 0 N–H and O–H groups in total. The summed E-state index contributed by atoms with van der Waals surface area (Å²) in [5, 5.41) is 0. The van der Waals surface area contributed by atoms with Crippen LogP contribution in [0.2, 0.25) is 0 Å². The average molecular weight is 335 g/mol. The molecule has 22 heavy (non-hydrogen) atoms. The highest BCUT2D eigenvalue weighted by Gasteiger charge is 2.30. The minimum atomic E-state index is -0.00110. The maximum Gasteiger partial charge on any atom is 0.266 e. The minimum Gasteiger partial charge on any atom is -0.496 e. The second-order valence-corrected chi connectivity index (χ2v) is 7.21. The summed E-state index contributed by atoms with van der Waals surface area (Å²) in [6, 6.07) is 4.14. The van der Waals surface area contributed by atoms with Crippen molar-refractivity contribution in [3.8, 4) is 5.75 Å². The van der Waals surface area contributed by atoms with E-state index in [1.54, 1.807) is 12.0 Å². The van der Waals surface area contributed by atoms with E-state index in [9.17, 15) is 4.79 Å². The van der Waals surface area contributed by atoms with Gasteiger partial charge in [0, 0.05) is 6.54 Å². The topological polar surface area (TPSA) is 29.5 Å². The maximum atomic E-state index is 12.3. The van der Waals surface area contributed by atoms with Gasteiger partial charge in [-0.25, -0.2) is 0 Å². The fourth-order valence-electron chi connectivity index (χ4n) is 2.41. The number of ether oxygens (including phenoxy) is 1. The van der Waals surface area contributed by atoms with E-state index < -0.39 is 0 Å². The Balaban J connectivity index is 2.46. The largest absolute Gasteiger partial charge is 0.496 e.